The zero-order valence-electron chi connectivity index (χ0n) is 34.5. The molecule has 0 saturated carbocycles. The van der Waals surface area contributed by atoms with Crippen molar-refractivity contribution in [1.82, 2.24) is 54.1 Å². The maximum atomic E-state index is 13.4. The molecular formula is C45H34Cl2N14O5S. The van der Waals surface area contributed by atoms with Crippen LogP contribution in [0.3, 0.4) is 0 Å². The minimum absolute atomic E-state index is 0.172. The van der Waals surface area contributed by atoms with Crippen molar-refractivity contribution in [3.63, 3.8) is 0 Å². The van der Waals surface area contributed by atoms with E-state index in [9.17, 15) is 24.0 Å². The summed E-state index contributed by atoms with van der Waals surface area (Å²) in [6, 6.07) is 30.9. The Bertz CT molecular complexity index is 3830. The molecule has 22 heteroatoms. The van der Waals surface area contributed by atoms with Gasteiger partial charge in [-0.05, 0) is 65.7 Å². The smallest absolute Gasteiger partial charge is 0.326 e. The van der Waals surface area contributed by atoms with Crippen molar-refractivity contribution >= 4 is 74.6 Å². The molecule has 67 heavy (non-hydrogen) atoms. The number of nitrogens with zero attached hydrogens (tertiary/aromatic N) is 9. The largest absolute Gasteiger partial charge is 0.493 e. The zero-order chi connectivity index (χ0) is 46.4. The number of H-pyrrole nitrogens is 4. The van der Waals surface area contributed by atoms with Crippen LogP contribution in [0.5, 0.6) is 11.8 Å². The first kappa shape index (κ1) is 43.8. The fourth-order valence-electron chi connectivity index (χ4n) is 6.65. The van der Waals surface area contributed by atoms with Crippen LogP contribution in [-0.2, 0) is 23.1 Å². The minimum atomic E-state index is -1.47. The van der Waals surface area contributed by atoms with Crippen LogP contribution in [0.2, 0.25) is 10.0 Å². The standard InChI is InChI=1S/C23H17ClN6O3S.C22H17ClN8O2/c24-16-7-4-8-17(10-16)26-19-11-20(34(33)13-14-5-2-1-3-6-14)30-21(28-19)15(12-25-30)9-18-22(31)29-23(32)27-18;23-15-4-1-5-16(8-15)27-18-9-19(25-11-13-3-2-6-24-10-13)31-20(29-18)14(12-26-31)7-17-21(32)30-22(33)28-17/h1-12,31H,13H2,(H2,27,29,32);1-10,12,27,32H,11H2,(H2,28,30,33). The number of aromatic amines is 4. The SMILES string of the molecule is O=c1[nH]c(O)c(C=c2cnn3c(=NCc4cccnc4)cc(Nc4cccc(Cl)c4)nc23)[nH]1.O=c1[nH]c(O)c(C=c2cnn3c(S(=O)Cc4ccccc4)cc(=Nc4cccc(Cl)c4)nc23)[nH]1. The highest BCUT2D eigenvalue weighted by molar-refractivity contribution is 7.84. The van der Waals surface area contributed by atoms with Crippen LogP contribution in [0.4, 0.5) is 17.2 Å². The first-order valence-electron chi connectivity index (χ1n) is 20.0. The van der Waals surface area contributed by atoms with Crippen LogP contribution in [0, 0.1) is 0 Å². The quantitative estimate of drug-likeness (QED) is 0.0961. The molecule has 19 nitrogen and oxygen atoms in total. The third-order valence-corrected chi connectivity index (χ3v) is 11.5. The summed E-state index contributed by atoms with van der Waals surface area (Å²) in [7, 11) is -1.47. The van der Waals surface area contributed by atoms with Gasteiger partial charge in [0, 0.05) is 50.7 Å². The number of aromatic nitrogens is 11. The number of imidazole rings is 2. The van der Waals surface area contributed by atoms with E-state index in [0.717, 1.165) is 16.8 Å². The summed E-state index contributed by atoms with van der Waals surface area (Å²) in [6.07, 6.45) is 9.66. The molecule has 7 heterocycles. The van der Waals surface area contributed by atoms with Gasteiger partial charge in [0.25, 0.3) is 0 Å². The number of nitrogens with one attached hydrogen (secondary N) is 5. The molecule has 1 atom stereocenters. The Balaban J connectivity index is 0.000000168. The molecule has 0 saturated heterocycles. The molecule has 10 aromatic rings. The molecule has 0 bridgehead atoms. The number of anilines is 2. The van der Waals surface area contributed by atoms with Crippen molar-refractivity contribution in [1.29, 1.82) is 0 Å². The molecule has 0 spiro atoms. The van der Waals surface area contributed by atoms with Crippen molar-refractivity contribution in [3.8, 4) is 11.8 Å². The van der Waals surface area contributed by atoms with E-state index in [-0.39, 0.29) is 28.9 Å². The number of hydrogen-bond acceptors (Lipinski definition) is 13. The first-order valence-corrected chi connectivity index (χ1v) is 22.1. The second kappa shape index (κ2) is 19.3. The average molecular weight is 954 g/mol. The summed E-state index contributed by atoms with van der Waals surface area (Å²) in [4.78, 5) is 55.2. The van der Waals surface area contributed by atoms with Gasteiger partial charge in [0.1, 0.15) is 22.2 Å². The van der Waals surface area contributed by atoms with Gasteiger partial charge in [-0.1, -0.05) is 71.7 Å². The molecule has 0 aliphatic rings. The maximum Gasteiger partial charge on any atom is 0.326 e. The van der Waals surface area contributed by atoms with Crippen molar-refractivity contribution < 1.29 is 14.4 Å². The van der Waals surface area contributed by atoms with Gasteiger partial charge in [-0.25, -0.2) is 29.1 Å². The summed E-state index contributed by atoms with van der Waals surface area (Å²) >= 11 is 12.2. The first-order chi connectivity index (χ1) is 32.5. The summed E-state index contributed by atoms with van der Waals surface area (Å²) in [5, 5.41) is 34.5. The molecule has 0 amide bonds. The second-order valence-electron chi connectivity index (χ2n) is 14.5. The van der Waals surface area contributed by atoms with E-state index in [2.05, 4.69) is 55.4 Å². The van der Waals surface area contributed by atoms with E-state index in [1.54, 1.807) is 77.7 Å². The average Bonchev–Trinajstić information content (AvgIpc) is 4.08. The van der Waals surface area contributed by atoms with Gasteiger partial charge in [-0.15, -0.1) is 0 Å². The highest BCUT2D eigenvalue weighted by atomic mass is 35.5. The molecular weight excluding hydrogens is 920 g/mol. The maximum absolute atomic E-state index is 13.4. The highest BCUT2D eigenvalue weighted by Crippen LogP contribution is 2.20. The Morgan fingerprint density at radius 3 is 2.00 bits per heavy atom. The fraction of sp³-hybridized carbons (Fsp3) is 0.0444. The number of rotatable bonds is 10. The molecule has 7 aromatic heterocycles. The number of benzene rings is 3. The lowest BCUT2D eigenvalue weighted by Crippen LogP contribution is -2.19. The lowest BCUT2D eigenvalue weighted by atomic mass is 10.2. The third-order valence-electron chi connectivity index (χ3n) is 9.67. The normalized spacial score (nSPS) is 13.0. The zero-order valence-corrected chi connectivity index (χ0v) is 36.8. The van der Waals surface area contributed by atoms with E-state index >= 15 is 0 Å². The number of halogens is 2. The van der Waals surface area contributed by atoms with Crippen molar-refractivity contribution in [3.05, 3.63) is 203 Å². The minimum Gasteiger partial charge on any atom is -0.493 e. The topological polar surface area (TPSA) is 265 Å². The van der Waals surface area contributed by atoms with Crippen LogP contribution in [-0.4, -0.2) is 68.5 Å². The number of pyridine rings is 1. The molecule has 1 unspecified atom stereocenters. The molecule has 3 aromatic carbocycles. The van der Waals surface area contributed by atoms with Gasteiger partial charge < -0.3 is 25.5 Å². The summed E-state index contributed by atoms with van der Waals surface area (Å²) < 4.78 is 16.4. The molecule has 0 aliphatic carbocycles. The van der Waals surface area contributed by atoms with Gasteiger partial charge in [0.2, 0.25) is 11.8 Å². The molecule has 0 radical (unpaired) electrons. The summed E-state index contributed by atoms with van der Waals surface area (Å²) in [5.74, 6) is 0.226. The van der Waals surface area contributed by atoms with Gasteiger partial charge in [-0.2, -0.15) is 14.7 Å². The van der Waals surface area contributed by atoms with Crippen molar-refractivity contribution in [2.75, 3.05) is 5.32 Å². The van der Waals surface area contributed by atoms with E-state index < -0.39 is 22.2 Å². The van der Waals surface area contributed by atoms with E-state index in [1.165, 1.54) is 16.8 Å². The Kier molecular flexibility index (Phi) is 12.6. The van der Waals surface area contributed by atoms with E-state index in [1.807, 2.05) is 54.6 Å². The second-order valence-corrected chi connectivity index (χ2v) is 16.7. The lowest BCUT2D eigenvalue weighted by molar-refractivity contribution is 0.454. The van der Waals surface area contributed by atoms with Crippen LogP contribution in [0.15, 0.2) is 153 Å². The van der Waals surface area contributed by atoms with Crippen LogP contribution in [0.25, 0.3) is 23.4 Å². The van der Waals surface area contributed by atoms with Crippen molar-refractivity contribution in [2.24, 2.45) is 9.98 Å². The highest BCUT2D eigenvalue weighted by Gasteiger charge is 2.15. The monoisotopic (exact) mass is 952 g/mol. The third kappa shape index (κ3) is 10.4. The lowest BCUT2D eigenvalue weighted by Gasteiger charge is -2.07. The van der Waals surface area contributed by atoms with Crippen LogP contribution >= 0.6 is 23.2 Å². The van der Waals surface area contributed by atoms with E-state index in [4.69, 9.17) is 28.2 Å². The van der Waals surface area contributed by atoms with Gasteiger partial charge in [-0.3, -0.25) is 24.2 Å². The van der Waals surface area contributed by atoms with E-state index in [0.29, 0.717) is 65.8 Å². The Labute approximate surface area is 388 Å². The van der Waals surface area contributed by atoms with Crippen LogP contribution < -0.4 is 38.1 Å². The van der Waals surface area contributed by atoms with Gasteiger partial charge >= 0.3 is 11.4 Å². The van der Waals surface area contributed by atoms with Crippen LogP contribution in [0.1, 0.15) is 22.5 Å². The fourth-order valence-corrected chi connectivity index (χ4v) is 8.24. The molecule has 0 aliphatic heterocycles. The Hall–Kier alpha value is -8.46. The summed E-state index contributed by atoms with van der Waals surface area (Å²) in [5.41, 5.74) is 4.24. The van der Waals surface area contributed by atoms with Gasteiger partial charge in [0.05, 0.1) is 41.2 Å². The van der Waals surface area contributed by atoms with Gasteiger partial charge in [0.15, 0.2) is 22.3 Å². The van der Waals surface area contributed by atoms with Crippen molar-refractivity contribution in [2.45, 2.75) is 17.3 Å². The summed E-state index contributed by atoms with van der Waals surface area (Å²) in [6.45, 7) is 0.397. The predicted octanol–water partition coefficient (Wildman–Crippen LogP) is 4.08. The molecule has 0 fully saturated rings. The number of aromatic hydroxyl groups is 2. The molecule has 7 N–H and O–H groups in total. The Morgan fingerprint density at radius 2 is 1.36 bits per heavy atom. The number of fused-ring (bicyclic) bond motifs is 2. The number of hydrogen-bond donors (Lipinski definition) is 7. The Morgan fingerprint density at radius 1 is 0.701 bits per heavy atom. The molecule has 334 valence electrons. The molecule has 10 rings (SSSR count). The predicted molar refractivity (Wildman–Crippen MR) is 251 cm³/mol.